The number of carbonyl (C=O) groups excluding carboxylic acids is 2. The lowest BCUT2D eigenvalue weighted by Gasteiger charge is -2.19. The van der Waals surface area contributed by atoms with Crippen LogP contribution in [0.25, 0.3) is 0 Å². The van der Waals surface area contributed by atoms with Crippen LogP contribution in [-0.4, -0.2) is 39.2 Å². The first-order chi connectivity index (χ1) is 11.8. The molecule has 0 radical (unpaired) electrons. The van der Waals surface area contributed by atoms with E-state index in [0.717, 1.165) is 6.42 Å². The van der Waals surface area contributed by atoms with Crippen molar-refractivity contribution in [2.24, 2.45) is 5.92 Å². The van der Waals surface area contributed by atoms with Crippen molar-refractivity contribution in [2.75, 3.05) is 11.9 Å². The lowest BCUT2D eigenvalue weighted by atomic mass is 10.0. The van der Waals surface area contributed by atoms with Crippen molar-refractivity contribution in [3.05, 3.63) is 12.4 Å². The molecule has 0 aromatic carbocycles. The summed E-state index contributed by atoms with van der Waals surface area (Å²) in [5.41, 5.74) is -0.822. The van der Waals surface area contributed by atoms with Gasteiger partial charge in [0.15, 0.2) is 5.54 Å². The molecule has 8 nitrogen and oxygen atoms in total. The minimum absolute atomic E-state index is 0.114. The molecule has 138 valence electrons. The van der Waals surface area contributed by atoms with Crippen LogP contribution in [0.1, 0.15) is 52.4 Å². The zero-order valence-electron chi connectivity index (χ0n) is 14.7. The molecule has 1 fully saturated rings. The predicted molar refractivity (Wildman–Crippen MR) is 92.0 cm³/mol. The van der Waals surface area contributed by atoms with Gasteiger partial charge in [-0.05, 0) is 26.2 Å². The van der Waals surface area contributed by atoms with Gasteiger partial charge in [-0.1, -0.05) is 25.7 Å². The van der Waals surface area contributed by atoms with Crippen LogP contribution in [0.3, 0.4) is 0 Å². The number of carboxylic acid groups (broad SMARTS) is 1. The molecule has 0 atom stereocenters. The number of aliphatic carboxylic acids is 1. The van der Waals surface area contributed by atoms with Crippen molar-refractivity contribution in [3.8, 4) is 0 Å². The van der Waals surface area contributed by atoms with Crippen LogP contribution >= 0.6 is 0 Å². The van der Waals surface area contributed by atoms with Crippen molar-refractivity contribution >= 4 is 23.5 Å². The molecule has 1 saturated carbocycles. The summed E-state index contributed by atoms with van der Waals surface area (Å²) in [6.45, 7) is 2.91. The van der Waals surface area contributed by atoms with E-state index in [2.05, 4.69) is 15.7 Å². The molecule has 1 heterocycles. The van der Waals surface area contributed by atoms with Gasteiger partial charge in [0.05, 0.1) is 18.4 Å². The largest absolute Gasteiger partial charge is 0.479 e. The number of amides is 2. The SMILES string of the molecule is CC(C)(C(=O)O)n1cc(NC(=O)CNC(=O)CCC2CCCC2)cn1. The fourth-order valence-corrected chi connectivity index (χ4v) is 2.90. The average Bonchev–Trinajstić information content (AvgIpc) is 3.22. The van der Waals surface area contributed by atoms with Gasteiger partial charge >= 0.3 is 5.97 Å². The zero-order valence-corrected chi connectivity index (χ0v) is 14.7. The minimum Gasteiger partial charge on any atom is -0.479 e. The fourth-order valence-electron chi connectivity index (χ4n) is 2.90. The molecule has 0 aliphatic heterocycles. The van der Waals surface area contributed by atoms with Gasteiger partial charge in [-0.3, -0.25) is 14.3 Å². The van der Waals surface area contributed by atoms with E-state index in [1.54, 1.807) is 0 Å². The summed E-state index contributed by atoms with van der Waals surface area (Å²) < 4.78 is 1.27. The van der Waals surface area contributed by atoms with Crippen molar-refractivity contribution in [1.29, 1.82) is 0 Å². The number of anilines is 1. The molecule has 1 aliphatic rings. The number of carbonyl (C=O) groups is 3. The van der Waals surface area contributed by atoms with Crippen molar-refractivity contribution in [1.82, 2.24) is 15.1 Å². The number of hydrogen-bond donors (Lipinski definition) is 3. The summed E-state index contributed by atoms with van der Waals surface area (Å²) in [4.78, 5) is 34.9. The second kappa shape index (κ2) is 8.13. The second-order valence-corrected chi connectivity index (χ2v) is 7.05. The number of nitrogens with zero attached hydrogens (tertiary/aromatic N) is 2. The van der Waals surface area contributed by atoms with E-state index in [4.69, 9.17) is 5.11 Å². The van der Waals surface area contributed by atoms with Crippen LogP contribution < -0.4 is 10.6 Å². The summed E-state index contributed by atoms with van der Waals surface area (Å²) in [7, 11) is 0. The van der Waals surface area contributed by atoms with Crippen LogP contribution in [0.4, 0.5) is 5.69 Å². The van der Waals surface area contributed by atoms with Gasteiger partial charge in [0.25, 0.3) is 0 Å². The Bertz CT molecular complexity index is 632. The molecule has 0 saturated heterocycles. The number of hydrogen-bond acceptors (Lipinski definition) is 4. The maximum absolute atomic E-state index is 11.9. The molecule has 2 rings (SSSR count). The molecule has 0 spiro atoms. The molecular formula is C17H26N4O4. The van der Waals surface area contributed by atoms with Gasteiger partial charge in [0.1, 0.15) is 0 Å². The summed E-state index contributed by atoms with van der Waals surface area (Å²) in [6, 6.07) is 0. The first-order valence-electron chi connectivity index (χ1n) is 8.64. The van der Waals surface area contributed by atoms with Gasteiger partial charge in [-0.15, -0.1) is 0 Å². The van der Waals surface area contributed by atoms with Crippen LogP contribution in [0.15, 0.2) is 12.4 Å². The zero-order chi connectivity index (χ0) is 18.4. The molecule has 2 amide bonds. The Morgan fingerprint density at radius 1 is 1.28 bits per heavy atom. The highest BCUT2D eigenvalue weighted by Gasteiger charge is 2.30. The molecule has 1 aliphatic carbocycles. The molecule has 8 heteroatoms. The quantitative estimate of drug-likeness (QED) is 0.661. The van der Waals surface area contributed by atoms with Gasteiger partial charge in [0.2, 0.25) is 11.8 Å². The van der Waals surface area contributed by atoms with E-state index in [9.17, 15) is 14.4 Å². The first-order valence-corrected chi connectivity index (χ1v) is 8.64. The van der Waals surface area contributed by atoms with Gasteiger partial charge in [-0.2, -0.15) is 5.10 Å². The Labute approximate surface area is 147 Å². The van der Waals surface area contributed by atoms with Crippen molar-refractivity contribution in [3.63, 3.8) is 0 Å². The third kappa shape index (κ3) is 5.30. The number of nitrogens with one attached hydrogen (secondary N) is 2. The second-order valence-electron chi connectivity index (χ2n) is 7.05. The van der Waals surface area contributed by atoms with Crippen molar-refractivity contribution < 1.29 is 19.5 Å². The third-order valence-corrected chi connectivity index (χ3v) is 4.66. The maximum Gasteiger partial charge on any atom is 0.331 e. The number of carboxylic acids is 1. The number of rotatable bonds is 8. The molecule has 25 heavy (non-hydrogen) atoms. The lowest BCUT2D eigenvalue weighted by molar-refractivity contribution is -0.146. The van der Waals surface area contributed by atoms with E-state index < -0.39 is 11.5 Å². The Kier molecular flexibility index (Phi) is 6.17. The maximum atomic E-state index is 11.9. The van der Waals surface area contributed by atoms with E-state index >= 15 is 0 Å². The molecular weight excluding hydrogens is 324 g/mol. The predicted octanol–water partition coefficient (Wildman–Crippen LogP) is 1.73. The van der Waals surface area contributed by atoms with Crippen LogP contribution in [0.2, 0.25) is 0 Å². The topological polar surface area (TPSA) is 113 Å². The minimum atomic E-state index is -1.21. The van der Waals surface area contributed by atoms with Gasteiger partial charge in [0, 0.05) is 12.6 Å². The van der Waals surface area contributed by atoms with E-state index in [0.29, 0.717) is 18.0 Å². The third-order valence-electron chi connectivity index (χ3n) is 4.66. The van der Waals surface area contributed by atoms with Crippen molar-refractivity contribution in [2.45, 2.75) is 57.9 Å². The van der Waals surface area contributed by atoms with E-state index in [1.807, 2.05) is 0 Å². The monoisotopic (exact) mass is 350 g/mol. The van der Waals surface area contributed by atoms with Crippen LogP contribution in [0.5, 0.6) is 0 Å². The molecule has 3 N–H and O–H groups in total. The highest BCUT2D eigenvalue weighted by atomic mass is 16.4. The molecule has 1 aromatic heterocycles. The smallest absolute Gasteiger partial charge is 0.331 e. The van der Waals surface area contributed by atoms with E-state index in [1.165, 1.54) is 56.6 Å². The average molecular weight is 350 g/mol. The molecule has 0 unspecified atom stereocenters. The Hall–Kier alpha value is -2.38. The lowest BCUT2D eigenvalue weighted by Crippen LogP contribution is -2.36. The van der Waals surface area contributed by atoms with Gasteiger partial charge < -0.3 is 15.7 Å². The van der Waals surface area contributed by atoms with E-state index in [-0.39, 0.29) is 18.4 Å². The normalized spacial score (nSPS) is 15.1. The summed E-state index contributed by atoms with van der Waals surface area (Å²) in [6.07, 6.45) is 9.06. The summed E-state index contributed by atoms with van der Waals surface area (Å²) in [5, 5.41) is 18.3. The Morgan fingerprint density at radius 3 is 2.60 bits per heavy atom. The highest BCUT2D eigenvalue weighted by Crippen LogP contribution is 2.28. The van der Waals surface area contributed by atoms with Crippen LogP contribution in [0, 0.1) is 5.92 Å². The Balaban J connectivity index is 1.74. The highest BCUT2D eigenvalue weighted by molar-refractivity contribution is 5.94. The van der Waals surface area contributed by atoms with Gasteiger partial charge in [-0.25, -0.2) is 4.79 Å². The molecule has 1 aromatic rings. The summed E-state index contributed by atoms with van der Waals surface area (Å²) in [5.74, 6) is -0.877. The standard InChI is InChI=1S/C17H26N4O4/c1-17(2,16(24)25)21-11-13(9-19-21)20-15(23)10-18-14(22)8-7-12-5-3-4-6-12/h9,11-12H,3-8,10H2,1-2H3,(H,18,22)(H,20,23)(H,24,25). The summed E-state index contributed by atoms with van der Waals surface area (Å²) >= 11 is 0. The Morgan fingerprint density at radius 2 is 1.96 bits per heavy atom. The number of aromatic nitrogens is 2. The fraction of sp³-hybridized carbons (Fsp3) is 0.647. The van der Waals surface area contributed by atoms with Crippen LogP contribution in [-0.2, 0) is 19.9 Å². The molecule has 0 bridgehead atoms. The first kappa shape index (κ1) is 19.0.